The number of aliphatic hydroxyl groups excluding tert-OH is 1. The molecule has 9 nitrogen and oxygen atoms in total. The first-order chi connectivity index (χ1) is 15.5. The molecule has 9 heteroatoms. The summed E-state index contributed by atoms with van der Waals surface area (Å²) in [4.78, 5) is 47.5. The molecule has 1 aliphatic heterocycles. The number of fused-ring (bicyclic) bond motifs is 5. The van der Waals surface area contributed by atoms with Gasteiger partial charge >= 0.3 is 11.9 Å². The Morgan fingerprint density at radius 1 is 1.33 bits per heavy atom. The van der Waals surface area contributed by atoms with E-state index in [1.807, 2.05) is 13.0 Å². The average Bonchev–Trinajstić information content (AvgIpc) is 3.08. The number of ketones is 2. The first-order valence-corrected chi connectivity index (χ1v) is 11.4. The van der Waals surface area contributed by atoms with Gasteiger partial charge in [0.05, 0.1) is 19.1 Å². The molecule has 0 radical (unpaired) electrons. The highest BCUT2D eigenvalue weighted by Crippen LogP contribution is 2.63. The molecule has 3 fully saturated rings. The molecule has 8 atom stereocenters. The van der Waals surface area contributed by atoms with Crippen molar-refractivity contribution in [2.24, 2.45) is 34.3 Å². The fourth-order valence-electron chi connectivity index (χ4n) is 6.77. The Labute approximate surface area is 192 Å². The third kappa shape index (κ3) is 3.96. The smallest absolute Gasteiger partial charge is 0.323 e. The minimum Gasteiger partial charge on any atom is -0.481 e. The Morgan fingerprint density at radius 3 is 2.76 bits per heavy atom. The molecule has 4 N–H and O–H groups in total. The quantitative estimate of drug-likeness (QED) is 0.487. The van der Waals surface area contributed by atoms with Crippen LogP contribution in [0.5, 0.6) is 0 Å². The Kier molecular flexibility index (Phi) is 6.09. The van der Waals surface area contributed by atoms with Crippen molar-refractivity contribution >= 4 is 23.5 Å². The number of carboxylic acids is 1. The molecule has 180 valence electrons. The van der Waals surface area contributed by atoms with E-state index in [-0.39, 0.29) is 23.5 Å². The van der Waals surface area contributed by atoms with Crippen LogP contribution in [0.1, 0.15) is 39.5 Å². The number of hydrogen-bond acceptors (Lipinski definition) is 8. The van der Waals surface area contributed by atoms with Crippen molar-refractivity contribution < 1.29 is 38.9 Å². The van der Waals surface area contributed by atoms with Crippen molar-refractivity contribution in [1.82, 2.24) is 0 Å². The summed E-state index contributed by atoms with van der Waals surface area (Å²) in [5.74, 6) is -2.56. The first-order valence-electron chi connectivity index (χ1n) is 11.4. The van der Waals surface area contributed by atoms with E-state index < -0.39 is 59.8 Å². The van der Waals surface area contributed by atoms with Crippen LogP contribution >= 0.6 is 0 Å². The Balaban J connectivity index is 1.48. The number of Topliss-reactive ketones (excluding diaryl/α,β-unsaturated/α-hetero) is 1. The largest absolute Gasteiger partial charge is 0.481 e. The maximum absolute atomic E-state index is 12.9. The summed E-state index contributed by atoms with van der Waals surface area (Å²) in [6.45, 7) is 3.82. The van der Waals surface area contributed by atoms with Gasteiger partial charge in [-0.05, 0) is 43.3 Å². The summed E-state index contributed by atoms with van der Waals surface area (Å²) >= 11 is 0. The van der Waals surface area contributed by atoms with Gasteiger partial charge in [-0.15, -0.1) is 0 Å². The third-order valence-electron chi connectivity index (χ3n) is 8.32. The maximum atomic E-state index is 12.9. The van der Waals surface area contributed by atoms with Crippen LogP contribution in [0.15, 0.2) is 23.8 Å². The number of carboxylic acid groups (broad SMARTS) is 1. The lowest BCUT2D eigenvalue weighted by molar-refractivity contribution is -0.156. The number of hydrogen-bond donors (Lipinski definition) is 3. The summed E-state index contributed by atoms with van der Waals surface area (Å²) in [6.07, 6.45) is 4.99. The van der Waals surface area contributed by atoms with E-state index in [0.29, 0.717) is 13.0 Å². The topological polar surface area (TPSA) is 153 Å². The molecule has 33 heavy (non-hydrogen) atoms. The van der Waals surface area contributed by atoms with Gasteiger partial charge in [0.1, 0.15) is 12.1 Å². The van der Waals surface area contributed by atoms with Crippen LogP contribution in [-0.4, -0.2) is 65.2 Å². The number of nitrogens with two attached hydrogens (primary N) is 1. The zero-order chi connectivity index (χ0) is 24.1. The molecule has 1 saturated heterocycles. The van der Waals surface area contributed by atoms with E-state index in [9.17, 15) is 24.3 Å². The van der Waals surface area contributed by atoms with E-state index in [1.165, 1.54) is 0 Å². The minimum atomic E-state index is -1.35. The van der Waals surface area contributed by atoms with E-state index >= 15 is 0 Å². The molecule has 0 aromatic rings. The normalized spacial score (nSPS) is 40.2. The SMILES string of the molecule is CC12CC(O)C3C(CCC4=CC(=O)C=C[C@@]43C)C1COC2C(=O)COC(=O)[C@@H](N)CC(=O)O. The van der Waals surface area contributed by atoms with Crippen molar-refractivity contribution in [2.75, 3.05) is 13.2 Å². The van der Waals surface area contributed by atoms with Crippen molar-refractivity contribution in [1.29, 1.82) is 0 Å². The average molecular weight is 462 g/mol. The van der Waals surface area contributed by atoms with Crippen molar-refractivity contribution in [3.05, 3.63) is 23.8 Å². The minimum absolute atomic E-state index is 0.0245. The molecule has 3 aliphatic carbocycles. The van der Waals surface area contributed by atoms with Crippen molar-refractivity contribution in [3.8, 4) is 0 Å². The van der Waals surface area contributed by atoms with E-state index in [2.05, 4.69) is 6.92 Å². The third-order valence-corrected chi connectivity index (χ3v) is 8.32. The highest BCUT2D eigenvalue weighted by atomic mass is 16.5. The van der Waals surface area contributed by atoms with E-state index in [4.69, 9.17) is 20.3 Å². The second kappa shape index (κ2) is 8.45. The van der Waals surface area contributed by atoms with Crippen molar-refractivity contribution in [2.45, 2.75) is 57.8 Å². The fourth-order valence-corrected chi connectivity index (χ4v) is 6.77. The second-order valence-corrected chi connectivity index (χ2v) is 10.3. The van der Waals surface area contributed by atoms with Crippen LogP contribution in [0.25, 0.3) is 0 Å². The molecule has 0 bridgehead atoms. The summed E-state index contributed by atoms with van der Waals surface area (Å²) in [5, 5.41) is 20.0. The predicted molar refractivity (Wildman–Crippen MR) is 115 cm³/mol. The van der Waals surface area contributed by atoms with Gasteiger partial charge in [0.25, 0.3) is 0 Å². The summed E-state index contributed by atoms with van der Waals surface area (Å²) in [7, 11) is 0. The van der Waals surface area contributed by atoms with E-state index in [1.54, 1.807) is 12.2 Å². The number of aliphatic hydroxyl groups is 1. The maximum Gasteiger partial charge on any atom is 0.323 e. The number of allylic oxidation sites excluding steroid dienone is 4. The fraction of sp³-hybridized carbons (Fsp3) is 0.667. The molecule has 0 aromatic carbocycles. The summed E-state index contributed by atoms with van der Waals surface area (Å²) in [6, 6.07) is -1.35. The highest BCUT2D eigenvalue weighted by molar-refractivity contribution is 6.01. The summed E-state index contributed by atoms with van der Waals surface area (Å²) < 4.78 is 10.9. The first kappa shape index (κ1) is 23.8. The van der Waals surface area contributed by atoms with Crippen LogP contribution in [0.3, 0.4) is 0 Å². The van der Waals surface area contributed by atoms with E-state index in [0.717, 1.165) is 18.4 Å². The summed E-state index contributed by atoms with van der Waals surface area (Å²) in [5.41, 5.74) is 5.51. The van der Waals surface area contributed by atoms with Gasteiger partial charge in [0.2, 0.25) is 0 Å². The standard InChI is InChI=1S/C24H31NO8/c1-23-6-5-13(26)7-12(23)3-4-14-15-10-32-21(24(15,2)9-17(27)20(14)23)18(28)11-33-22(31)16(25)8-19(29)30/h5-7,14-17,20-21,27H,3-4,8-11,25H2,1-2H3,(H,29,30)/t14?,15?,16-,17?,20?,21?,23-,24?/m0/s1. The van der Waals surface area contributed by atoms with Gasteiger partial charge in [0.15, 0.2) is 18.2 Å². The van der Waals surface area contributed by atoms with Gasteiger partial charge in [-0.2, -0.15) is 0 Å². The van der Waals surface area contributed by atoms with Crippen LogP contribution in [0.2, 0.25) is 0 Å². The number of aliphatic carboxylic acids is 1. The molecule has 0 aromatic heterocycles. The molecule has 1 heterocycles. The van der Waals surface area contributed by atoms with Crippen molar-refractivity contribution in [3.63, 3.8) is 0 Å². The van der Waals surface area contributed by atoms with Gasteiger partial charge < -0.3 is 25.4 Å². The second-order valence-electron chi connectivity index (χ2n) is 10.3. The molecule has 4 rings (SSSR count). The number of ether oxygens (including phenoxy) is 2. The van der Waals surface area contributed by atoms with Gasteiger partial charge in [0, 0.05) is 16.7 Å². The lowest BCUT2D eigenvalue weighted by Crippen LogP contribution is -2.58. The monoisotopic (exact) mass is 461 g/mol. The lowest BCUT2D eigenvalue weighted by atomic mass is 9.47. The Bertz CT molecular complexity index is 941. The highest BCUT2D eigenvalue weighted by Gasteiger charge is 2.63. The Morgan fingerprint density at radius 2 is 2.06 bits per heavy atom. The predicted octanol–water partition coefficient (Wildman–Crippen LogP) is 0.784. The molecule has 6 unspecified atom stereocenters. The Hall–Kier alpha value is -2.36. The molecule has 2 saturated carbocycles. The molecular weight excluding hydrogens is 430 g/mol. The van der Waals surface area contributed by atoms with Crippen LogP contribution in [0.4, 0.5) is 0 Å². The van der Waals surface area contributed by atoms with Gasteiger partial charge in [-0.1, -0.05) is 25.5 Å². The molecular formula is C24H31NO8. The lowest BCUT2D eigenvalue weighted by Gasteiger charge is -2.57. The number of esters is 1. The molecule has 0 spiro atoms. The van der Waals surface area contributed by atoms with Crippen LogP contribution in [0, 0.1) is 28.6 Å². The number of carbonyl (C=O) groups is 4. The number of carbonyl (C=O) groups excluding carboxylic acids is 3. The van der Waals surface area contributed by atoms with Gasteiger partial charge in [-0.3, -0.25) is 19.2 Å². The van der Waals surface area contributed by atoms with Crippen LogP contribution in [-0.2, 0) is 28.7 Å². The van der Waals surface area contributed by atoms with Gasteiger partial charge in [-0.25, -0.2) is 0 Å². The molecule has 4 aliphatic rings. The molecule has 0 amide bonds. The zero-order valence-electron chi connectivity index (χ0n) is 18.9. The number of rotatable bonds is 6. The van der Waals surface area contributed by atoms with Crippen LogP contribution < -0.4 is 5.73 Å². The zero-order valence-corrected chi connectivity index (χ0v) is 18.9.